The summed E-state index contributed by atoms with van der Waals surface area (Å²) in [6.45, 7) is 2.51. The van der Waals surface area contributed by atoms with Crippen LogP contribution in [0.15, 0.2) is 60.8 Å². The summed E-state index contributed by atoms with van der Waals surface area (Å²) in [5, 5.41) is 0. The van der Waals surface area contributed by atoms with Gasteiger partial charge in [-0.2, -0.15) is 0 Å². The number of nitrogens with zero attached hydrogens (tertiary/aromatic N) is 3. The maximum Gasteiger partial charge on any atom is 0.274 e. The normalized spacial score (nSPS) is 18.9. The van der Waals surface area contributed by atoms with Crippen LogP contribution in [0, 0.1) is 5.92 Å². The van der Waals surface area contributed by atoms with Crippen molar-refractivity contribution < 1.29 is 9.53 Å². The molecule has 1 unspecified atom stereocenters. The summed E-state index contributed by atoms with van der Waals surface area (Å²) >= 11 is 0. The number of hydrogen-bond acceptors (Lipinski definition) is 3. The predicted octanol–water partition coefficient (Wildman–Crippen LogP) is 4.72. The van der Waals surface area contributed by atoms with E-state index in [0.29, 0.717) is 17.5 Å². The number of aromatic nitrogens is 2. The number of rotatable bonds is 5. The Hall–Kier alpha value is -3.08. The van der Waals surface area contributed by atoms with Crippen LogP contribution < -0.4 is 4.74 Å². The van der Waals surface area contributed by atoms with E-state index >= 15 is 0 Å². The summed E-state index contributed by atoms with van der Waals surface area (Å²) < 4.78 is 7.57. The summed E-state index contributed by atoms with van der Waals surface area (Å²) in [5.41, 5.74) is 3.29. The fourth-order valence-electron chi connectivity index (χ4n) is 5.16. The lowest BCUT2D eigenvalue weighted by Crippen LogP contribution is -2.39. The van der Waals surface area contributed by atoms with Crippen LogP contribution in [0.2, 0.25) is 0 Å². The van der Waals surface area contributed by atoms with E-state index in [-0.39, 0.29) is 5.91 Å². The summed E-state index contributed by atoms with van der Waals surface area (Å²) in [7, 11) is 1.70. The molecule has 1 amide bonds. The van der Waals surface area contributed by atoms with E-state index in [1.165, 1.54) is 11.1 Å². The van der Waals surface area contributed by atoms with Crippen LogP contribution in [0.5, 0.6) is 5.75 Å². The largest absolute Gasteiger partial charge is 0.497 e. The molecule has 2 aliphatic heterocycles. The second kappa shape index (κ2) is 9.19. The molecular weight excluding hydrogens is 398 g/mol. The van der Waals surface area contributed by atoms with E-state index in [1.54, 1.807) is 7.11 Å². The Kier molecular flexibility index (Phi) is 5.97. The molecule has 1 fully saturated rings. The molecule has 0 N–H and O–H groups in total. The fraction of sp³-hybridized carbons (Fsp3) is 0.407. The van der Waals surface area contributed by atoms with E-state index in [2.05, 4.69) is 47.0 Å². The molecule has 1 atom stereocenters. The molecule has 5 nitrogen and oxygen atoms in total. The third-order valence-electron chi connectivity index (χ3n) is 7.05. The highest BCUT2D eigenvalue weighted by Gasteiger charge is 2.28. The molecule has 1 saturated heterocycles. The lowest BCUT2D eigenvalue weighted by atomic mass is 9.90. The van der Waals surface area contributed by atoms with E-state index < -0.39 is 0 Å². The average Bonchev–Trinajstić information content (AvgIpc) is 3.28. The third-order valence-corrected chi connectivity index (χ3v) is 7.05. The first-order chi connectivity index (χ1) is 15.7. The minimum Gasteiger partial charge on any atom is -0.497 e. The minimum absolute atomic E-state index is 0.0861. The zero-order chi connectivity index (χ0) is 21.9. The Balaban J connectivity index is 1.21. The van der Waals surface area contributed by atoms with Gasteiger partial charge in [0, 0.05) is 38.2 Å². The van der Waals surface area contributed by atoms with Crippen molar-refractivity contribution in [2.45, 2.75) is 44.6 Å². The van der Waals surface area contributed by atoms with Gasteiger partial charge < -0.3 is 14.2 Å². The zero-order valence-corrected chi connectivity index (χ0v) is 18.7. The van der Waals surface area contributed by atoms with Gasteiger partial charge in [-0.15, -0.1) is 0 Å². The Labute approximate surface area is 190 Å². The molecule has 2 aromatic carbocycles. The maximum atomic E-state index is 13.2. The number of methoxy groups -OCH3 is 1. The van der Waals surface area contributed by atoms with Gasteiger partial charge in [0.05, 0.1) is 7.11 Å². The first-order valence-electron chi connectivity index (χ1n) is 11.7. The maximum absolute atomic E-state index is 13.2. The van der Waals surface area contributed by atoms with Gasteiger partial charge in [0.25, 0.3) is 5.91 Å². The van der Waals surface area contributed by atoms with Crippen molar-refractivity contribution in [3.8, 4) is 5.75 Å². The van der Waals surface area contributed by atoms with Gasteiger partial charge in [-0.1, -0.05) is 42.5 Å². The summed E-state index contributed by atoms with van der Waals surface area (Å²) in [5.74, 6) is 3.09. The molecule has 0 aliphatic carbocycles. The van der Waals surface area contributed by atoms with Crippen molar-refractivity contribution in [3.05, 3.63) is 83.4 Å². The van der Waals surface area contributed by atoms with Crippen molar-refractivity contribution in [1.29, 1.82) is 0 Å². The molecular formula is C27H31N3O2. The Morgan fingerprint density at radius 3 is 2.66 bits per heavy atom. The van der Waals surface area contributed by atoms with Gasteiger partial charge in [0.15, 0.2) is 0 Å². The molecule has 32 heavy (non-hydrogen) atoms. The van der Waals surface area contributed by atoms with Gasteiger partial charge in [0.2, 0.25) is 0 Å². The molecule has 0 spiro atoms. The van der Waals surface area contributed by atoms with Crippen molar-refractivity contribution in [2.24, 2.45) is 5.92 Å². The number of fused-ring (bicyclic) bond motifs is 1. The molecule has 2 aliphatic rings. The number of ether oxygens (including phenoxy) is 1. The van der Waals surface area contributed by atoms with E-state index in [4.69, 9.17) is 9.72 Å². The molecule has 0 bridgehead atoms. The number of carbonyl (C=O) groups is 1. The molecule has 0 saturated carbocycles. The van der Waals surface area contributed by atoms with Crippen LogP contribution in [-0.4, -0.2) is 40.6 Å². The summed E-state index contributed by atoms with van der Waals surface area (Å²) in [4.78, 5) is 19.9. The molecule has 3 aromatic rings. The van der Waals surface area contributed by atoms with Crippen molar-refractivity contribution in [3.63, 3.8) is 0 Å². The molecule has 5 heteroatoms. The van der Waals surface area contributed by atoms with E-state index in [1.807, 2.05) is 23.2 Å². The van der Waals surface area contributed by atoms with Gasteiger partial charge in [-0.3, -0.25) is 4.79 Å². The molecule has 3 heterocycles. The van der Waals surface area contributed by atoms with E-state index in [9.17, 15) is 4.79 Å². The number of amides is 1. The number of hydrogen-bond donors (Lipinski definition) is 0. The molecule has 0 radical (unpaired) electrons. The number of imidazole rings is 1. The monoisotopic (exact) mass is 429 g/mol. The lowest BCUT2D eigenvalue weighted by molar-refractivity contribution is 0.0685. The number of piperidine rings is 1. The van der Waals surface area contributed by atoms with Crippen molar-refractivity contribution in [1.82, 2.24) is 14.5 Å². The lowest BCUT2D eigenvalue weighted by Gasteiger charge is -2.31. The second-order valence-corrected chi connectivity index (χ2v) is 9.13. The highest BCUT2D eigenvalue weighted by Crippen LogP contribution is 2.31. The van der Waals surface area contributed by atoms with Gasteiger partial charge >= 0.3 is 0 Å². The molecule has 1 aromatic heterocycles. The number of benzene rings is 2. The highest BCUT2D eigenvalue weighted by atomic mass is 16.5. The number of likely N-dealkylation sites (tertiary alicyclic amines) is 1. The van der Waals surface area contributed by atoms with Gasteiger partial charge in [-0.05, 0) is 54.9 Å². The number of carbonyl (C=O) groups excluding carboxylic acids is 1. The quantitative estimate of drug-likeness (QED) is 0.590. The van der Waals surface area contributed by atoms with Crippen molar-refractivity contribution in [2.75, 3.05) is 20.2 Å². The van der Waals surface area contributed by atoms with Crippen LogP contribution in [0.1, 0.15) is 52.6 Å². The molecule has 166 valence electrons. The highest BCUT2D eigenvalue weighted by molar-refractivity contribution is 5.92. The van der Waals surface area contributed by atoms with Gasteiger partial charge in [-0.25, -0.2) is 4.98 Å². The first kappa shape index (κ1) is 20.8. The SMILES string of the molecule is COc1cccc(C2CCc3nc(C(=O)N4CCC(Cc5ccccc5)CC4)cn3C2)c1. The summed E-state index contributed by atoms with van der Waals surface area (Å²) in [6, 6.07) is 19.0. The first-order valence-corrected chi connectivity index (χ1v) is 11.7. The topological polar surface area (TPSA) is 47.4 Å². The van der Waals surface area contributed by atoms with E-state index in [0.717, 1.165) is 63.3 Å². The average molecular weight is 430 g/mol. The van der Waals surface area contributed by atoms with Crippen LogP contribution in [0.3, 0.4) is 0 Å². The van der Waals surface area contributed by atoms with Crippen LogP contribution in [-0.2, 0) is 19.4 Å². The van der Waals surface area contributed by atoms with Crippen molar-refractivity contribution >= 4 is 5.91 Å². The Bertz CT molecular complexity index is 1070. The van der Waals surface area contributed by atoms with Gasteiger partial charge in [0.1, 0.15) is 17.3 Å². The molecule has 5 rings (SSSR count). The predicted molar refractivity (Wildman–Crippen MR) is 125 cm³/mol. The Morgan fingerprint density at radius 1 is 1.06 bits per heavy atom. The van der Waals surface area contributed by atoms with Crippen LogP contribution >= 0.6 is 0 Å². The summed E-state index contributed by atoms with van der Waals surface area (Å²) in [6.07, 6.45) is 7.14. The zero-order valence-electron chi connectivity index (χ0n) is 18.7. The minimum atomic E-state index is 0.0861. The smallest absolute Gasteiger partial charge is 0.274 e. The van der Waals surface area contributed by atoms with Crippen LogP contribution in [0.4, 0.5) is 0 Å². The second-order valence-electron chi connectivity index (χ2n) is 9.13. The Morgan fingerprint density at radius 2 is 1.88 bits per heavy atom. The number of aryl methyl sites for hydroxylation is 1. The fourth-order valence-corrected chi connectivity index (χ4v) is 5.16. The third kappa shape index (κ3) is 4.43. The standard InChI is InChI=1S/C27H31N3O2/c1-32-24-9-5-8-22(17-24)23-10-11-26-28-25(19-30(26)18-23)27(31)29-14-12-21(13-15-29)16-20-6-3-2-4-7-20/h2-9,17,19,21,23H,10-16,18H2,1H3. The van der Waals surface area contributed by atoms with Crippen LogP contribution in [0.25, 0.3) is 0 Å².